The Kier molecular flexibility index (Phi) is 8.25. The van der Waals surface area contributed by atoms with E-state index in [0.717, 1.165) is 17.9 Å². The lowest BCUT2D eigenvalue weighted by Gasteiger charge is -2.20. The minimum Gasteiger partial charge on any atom is -0.496 e. The van der Waals surface area contributed by atoms with Crippen LogP contribution in [-0.4, -0.2) is 36.4 Å². The molecule has 8 nitrogen and oxygen atoms in total. The Bertz CT molecular complexity index is 775. The topological polar surface area (TPSA) is 93.8 Å². The van der Waals surface area contributed by atoms with Crippen LogP contribution in [0.2, 0.25) is 0 Å². The first-order valence-corrected chi connectivity index (χ1v) is 9.61. The maximum absolute atomic E-state index is 5.49. The van der Waals surface area contributed by atoms with E-state index in [4.69, 9.17) is 14.0 Å². The van der Waals surface area contributed by atoms with Gasteiger partial charge in [-0.25, -0.2) is 4.99 Å². The van der Waals surface area contributed by atoms with Crippen LogP contribution in [0.4, 0.5) is 0 Å². The molecular weight excluding hydrogens is 358 g/mol. The first kappa shape index (κ1) is 21.7. The van der Waals surface area contributed by atoms with Crippen molar-refractivity contribution in [2.75, 3.05) is 20.3 Å². The molecule has 1 heterocycles. The number of aliphatic imine (C=N–C) groups is 1. The van der Waals surface area contributed by atoms with Crippen LogP contribution in [0.3, 0.4) is 0 Å². The average molecular weight is 390 g/mol. The van der Waals surface area contributed by atoms with Gasteiger partial charge in [0.25, 0.3) is 0 Å². The van der Waals surface area contributed by atoms with Crippen molar-refractivity contribution in [1.29, 1.82) is 0 Å². The van der Waals surface area contributed by atoms with Crippen LogP contribution in [-0.2, 0) is 11.3 Å². The maximum atomic E-state index is 5.49. The molecular formula is C20H31N5O3. The Morgan fingerprint density at radius 2 is 2.07 bits per heavy atom. The molecule has 0 saturated carbocycles. The molecule has 0 aliphatic carbocycles. The Morgan fingerprint density at radius 3 is 2.75 bits per heavy atom. The van der Waals surface area contributed by atoms with Gasteiger partial charge in [-0.3, -0.25) is 0 Å². The fourth-order valence-electron chi connectivity index (χ4n) is 2.76. The third kappa shape index (κ3) is 5.95. The summed E-state index contributed by atoms with van der Waals surface area (Å²) in [5.41, 5.74) is 2.24. The summed E-state index contributed by atoms with van der Waals surface area (Å²) in [5, 5.41) is 10.6. The van der Waals surface area contributed by atoms with Crippen molar-refractivity contribution in [3.63, 3.8) is 0 Å². The molecule has 2 atom stereocenters. The SMILES string of the molecule is CCNC(=NCc1nc(C(C)OCC)no1)NC(C)c1cc(C)ccc1OC. The van der Waals surface area contributed by atoms with Gasteiger partial charge in [0, 0.05) is 18.7 Å². The average Bonchev–Trinajstić information content (AvgIpc) is 3.15. The number of methoxy groups -OCH3 is 1. The normalized spacial score (nSPS) is 13.9. The molecule has 154 valence electrons. The minimum atomic E-state index is -0.202. The van der Waals surface area contributed by atoms with E-state index in [9.17, 15) is 0 Å². The van der Waals surface area contributed by atoms with Crippen LogP contribution >= 0.6 is 0 Å². The number of rotatable bonds is 9. The van der Waals surface area contributed by atoms with Crippen LogP contribution in [0.25, 0.3) is 0 Å². The van der Waals surface area contributed by atoms with Gasteiger partial charge in [0.15, 0.2) is 11.8 Å². The van der Waals surface area contributed by atoms with Crippen LogP contribution in [0.5, 0.6) is 5.75 Å². The van der Waals surface area contributed by atoms with Crippen LogP contribution in [0.15, 0.2) is 27.7 Å². The number of nitrogens with one attached hydrogen (secondary N) is 2. The molecule has 2 aromatic rings. The highest BCUT2D eigenvalue weighted by molar-refractivity contribution is 5.80. The van der Waals surface area contributed by atoms with E-state index in [1.165, 1.54) is 5.56 Å². The summed E-state index contributed by atoms with van der Waals surface area (Å²) in [6.45, 7) is 11.6. The molecule has 1 aromatic carbocycles. The van der Waals surface area contributed by atoms with Gasteiger partial charge >= 0.3 is 0 Å². The number of guanidine groups is 1. The highest BCUT2D eigenvalue weighted by atomic mass is 16.5. The minimum absolute atomic E-state index is 0.00359. The van der Waals surface area contributed by atoms with Crippen molar-refractivity contribution in [2.24, 2.45) is 4.99 Å². The number of hydrogen-bond donors (Lipinski definition) is 2. The van der Waals surface area contributed by atoms with Crippen LogP contribution in [0.1, 0.15) is 62.7 Å². The van der Waals surface area contributed by atoms with E-state index in [-0.39, 0.29) is 18.7 Å². The van der Waals surface area contributed by atoms with Crippen LogP contribution < -0.4 is 15.4 Å². The molecule has 0 aliphatic heterocycles. The molecule has 2 unspecified atom stereocenters. The lowest BCUT2D eigenvalue weighted by Crippen LogP contribution is -2.38. The maximum Gasteiger partial charge on any atom is 0.248 e. The Hall–Kier alpha value is -2.61. The molecule has 0 saturated heterocycles. The summed E-state index contributed by atoms with van der Waals surface area (Å²) in [6, 6.07) is 6.13. The van der Waals surface area contributed by atoms with E-state index in [2.05, 4.69) is 45.7 Å². The van der Waals surface area contributed by atoms with E-state index in [1.807, 2.05) is 32.9 Å². The number of nitrogens with zero attached hydrogens (tertiary/aromatic N) is 3. The largest absolute Gasteiger partial charge is 0.496 e. The number of benzene rings is 1. The smallest absolute Gasteiger partial charge is 0.248 e. The van der Waals surface area contributed by atoms with Crippen molar-refractivity contribution >= 4 is 5.96 Å². The fraction of sp³-hybridized carbons (Fsp3) is 0.550. The summed E-state index contributed by atoms with van der Waals surface area (Å²) < 4.78 is 16.3. The number of aromatic nitrogens is 2. The zero-order valence-corrected chi connectivity index (χ0v) is 17.6. The van der Waals surface area contributed by atoms with Gasteiger partial charge in [-0.05, 0) is 40.7 Å². The van der Waals surface area contributed by atoms with Crippen molar-refractivity contribution in [1.82, 2.24) is 20.8 Å². The van der Waals surface area contributed by atoms with Gasteiger partial charge in [0.05, 0.1) is 13.2 Å². The summed E-state index contributed by atoms with van der Waals surface area (Å²) in [5.74, 6) is 2.48. The first-order chi connectivity index (χ1) is 13.5. The van der Waals surface area contributed by atoms with E-state index >= 15 is 0 Å². The van der Waals surface area contributed by atoms with Crippen molar-refractivity contribution in [3.8, 4) is 5.75 Å². The highest BCUT2D eigenvalue weighted by Crippen LogP contribution is 2.26. The first-order valence-electron chi connectivity index (χ1n) is 9.61. The van der Waals surface area contributed by atoms with Gasteiger partial charge < -0.3 is 24.6 Å². The lowest BCUT2D eigenvalue weighted by molar-refractivity contribution is 0.0683. The predicted molar refractivity (Wildman–Crippen MR) is 108 cm³/mol. The molecule has 0 bridgehead atoms. The molecule has 0 fully saturated rings. The number of aryl methyl sites for hydroxylation is 1. The van der Waals surface area contributed by atoms with Gasteiger partial charge in [-0.15, -0.1) is 0 Å². The van der Waals surface area contributed by atoms with Crippen molar-refractivity contribution in [3.05, 3.63) is 41.0 Å². The predicted octanol–water partition coefficient (Wildman–Crippen LogP) is 3.30. The van der Waals surface area contributed by atoms with Gasteiger partial charge in [0.1, 0.15) is 18.4 Å². The van der Waals surface area contributed by atoms with Crippen molar-refractivity contribution in [2.45, 2.75) is 53.3 Å². The summed E-state index contributed by atoms with van der Waals surface area (Å²) in [7, 11) is 1.68. The fourth-order valence-corrected chi connectivity index (χ4v) is 2.76. The Morgan fingerprint density at radius 1 is 1.29 bits per heavy atom. The summed E-state index contributed by atoms with van der Waals surface area (Å²) in [4.78, 5) is 8.91. The van der Waals surface area contributed by atoms with Gasteiger partial charge in [0.2, 0.25) is 5.89 Å². The monoisotopic (exact) mass is 389 g/mol. The third-order valence-corrected chi connectivity index (χ3v) is 4.19. The summed E-state index contributed by atoms with van der Waals surface area (Å²) >= 11 is 0. The molecule has 0 aliphatic rings. The van der Waals surface area contributed by atoms with Crippen LogP contribution in [0, 0.1) is 6.92 Å². The zero-order chi connectivity index (χ0) is 20.5. The molecule has 2 N–H and O–H groups in total. The second-order valence-electron chi connectivity index (χ2n) is 6.45. The highest BCUT2D eigenvalue weighted by Gasteiger charge is 2.15. The molecule has 2 rings (SSSR count). The Balaban J connectivity index is 2.09. The van der Waals surface area contributed by atoms with E-state index < -0.39 is 0 Å². The number of ether oxygens (including phenoxy) is 2. The standard InChI is InChI=1S/C20H31N5O3/c1-7-21-20(22-12-18-24-19(25-28-18)15(5)27-8-2)23-14(4)16-11-13(3)9-10-17(16)26-6/h9-11,14-15H,7-8,12H2,1-6H3,(H2,21,22,23). The molecule has 0 amide bonds. The molecule has 1 aromatic heterocycles. The van der Waals surface area contributed by atoms with Crippen molar-refractivity contribution < 1.29 is 14.0 Å². The molecule has 28 heavy (non-hydrogen) atoms. The van der Waals surface area contributed by atoms with E-state index in [1.54, 1.807) is 7.11 Å². The van der Waals surface area contributed by atoms with E-state index in [0.29, 0.717) is 24.3 Å². The second-order valence-corrected chi connectivity index (χ2v) is 6.45. The summed E-state index contributed by atoms with van der Waals surface area (Å²) in [6.07, 6.45) is -0.202. The molecule has 8 heteroatoms. The number of hydrogen-bond acceptors (Lipinski definition) is 6. The Labute approximate surface area is 166 Å². The molecule has 0 radical (unpaired) electrons. The van der Waals surface area contributed by atoms with Gasteiger partial charge in [-0.1, -0.05) is 22.9 Å². The zero-order valence-electron chi connectivity index (χ0n) is 17.6. The molecule has 0 spiro atoms. The second kappa shape index (κ2) is 10.7. The quantitative estimate of drug-likeness (QED) is 0.502. The third-order valence-electron chi connectivity index (χ3n) is 4.19. The lowest BCUT2D eigenvalue weighted by atomic mass is 10.0. The van der Waals surface area contributed by atoms with Gasteiger partial charge in [-0.2, -0.15) is 4.98 Å².